The second-order valence-corrected chi connectivity index (χ2v) is 4.89. The van der Waals surface area contributed by atoms with E-state index < -0.39 is 0 Å². The van der Waals surface area contributed by atoms with Crippen LogP contribution in [0.5, 0.6) is 0 Å². The molecule has 1 aliphatic rings. The summed E-state index contributed by atoms with van der Waals surface area (Å²) in [5.41, 5.74) is 0.942. The fourth-order valence-electron chi connectivity index (χ4n) is 2.14. The fourth-order valence-corrected chi connectivity index (χ4v) is 2.36. The monoisotopic (exact) mass is 255 g/mol. The van der Waals surface area contributed by atoms with Gasteiger partial charge in [-0.25, -0.2) is 4.39 Å². The Morgan fingerprint density at radius 2 is 2.12 bits per heavy atom. The highest BCUT2D eigenvalue weighted by molar-refractivity contribution is 6.31. The molecule has 0 unspecified atom stereocenters. The first-order valence-corrected chi connectivity index (χ1v) is 6.18. The molecule has 0 bridgehead atoms. The summed E-state index contributed by atoms with van der Waals surface area (Å²) in [6, 6.07) is 4.50. The van der Waals surface area contributed by atoms with E-state index >= 15 is 0 Å². The van der Waals surface area contributed by atoms with Crippen LogP contribution in [-0.4, -0.2) is 24.3 Å². The predicted octanol–water partition coefficient (Wildman–Crippen LogP) is 2.89. The number of aldehydes is 1. The van der Waals surface area contributed by atoms with Crippen molar-refractivity contribution < 1.29 is 9.18 Å². The molecule has 1 saturated heterocycles. The van der Waals surface area contributed by atoms with Gasteiger partial charge in [0.25, 0.3) is 0 Å². The molecule has 1 fully saturated rings. The van der Waals surface area contributed by atoms with E-state index in [0.29, 0.717) is 5.02 Å². The Balaban J connectivity index is 1.95. The van der Waals surface area contributed by atoms with Crippen LogP contribution in [0.1, 0.15) is 18.4 Å². The number of halogens is 2. The van der Waals surface area contributed by atoms with E-state index in [4.69, 9.17) is 11.6 Å². The summed E-state index contributed by atoms with van der Waals surface area (Å²) in [5.74, 6) is -0.103. The van der Waals surface area contributed by atoms with Crippen molar-refractivity contribution in [2.75, 3.05) is 13.1 Å². The molecule has 92 valence electrons. The smallest absolute Gasteiger partial charge is 0.124 e. The molecule has 4 heteroatoms. The number of nitrogens with zero attached hydrogens (tertiary/aromatic N) is 1. The second kappa shape index (κ2) is 5.61. The molecule has 0 saturated carbocycles. The molecular weight excluding hydrogens is 241 g/mol. The third-order valence-electron chi connectivity index (χ3n) is 3.23. The Bertz CT molecular complexity index is 402. The van der Waals surface area contributed by atoms with E-state index in [1.165, 1.54) is 12.1 Å². The summed E-state index contributed by atoms with van der Waals surface area (Å²) in [6.45, 7) is 2.53. The van der Waals surface area contributed by atoms with Gasteiger partial charge in [0.2, 0.25) is 0 Å². The van der Waals surface area contributed by atoms with Crippen molar-refractivity contribution in [3.8, 4) is 0 Å². The zero-order chi connectivity index (χ0) is 12.3. The van der Waals surface area contributed by atoms with Gasteiger partial charge in [0.05, 0.1) is 0 Å². The van der Waals surface area contributed by atoms with Crippen molar-refractivity contribution in [3.63, 3.8) is 0 Å². The maximum atomic E-state index is 12.9. The zero-order valence-electron chi connectivity index (χ0n) is 9.53. The van der Waals surface area contributed by atoms with E-state index in [2.05, 4.69) is 4.90 Å². The van der Waals surface area contributed by atoms with Gasteiger partial charge in [0.15, 0.2) is 0 Å². The highest BCUT2D eigenvalue weighted by atomic mass is 35.5. The van der Waals surface area contributed by atoms with Crippen LogP contribution in [0.2, 0.25) is 5.02 Å². The molecule has 1 aromatic rings. The first-order chi connectivity index (χ1) is 8.19. The van der Waals surface area contributed by atoms with Crippen LogP contribution in [0.15, 0.2) is 18.2 Å². The van der Waals surface area contributed by atoms with Gasteiger partial charge in [-0.1, -0.05) is 17.7 Å². The minimum Gasteiger partial charge on any atom is -0.303 e. The van der Waals surface area contributed by atoms with Crippen molar-refractivity contribution in [2.45, 2.75) is 19.4 Å². The van der Waals surface area contributed by atoms with Gasteiger partial charge in [-0.15, -0.1) is 0 Å². The van der Waals surface area contributed by atoms with Gasteiger partial charge >= 0.3 is 0 Å². The molecule has 2 nitrogen and oxygen atoms in total. The molecule has 0 atom stereocenters. The zero-order valence-corrected chi connectivity index (χ0v) is 10.3. The van der Waals surface area contributed by atoms with Gasteiger partial charge in [-0.2, -0.15) is 0 Å². The van der Waals surface area contributed by atoms with Gasteiger partial charge < -0.3 is 4.79 Å². The third kappa shape index (κ3) is 3.27. The lowest BCUT2D eigenvalue weighted by atomic mass is 9.98. The summed E-state index contributed by atoms with van der Waals surface area (Å²) < 4.78 is 12.9. The maximum Gasteiger partial charge on any atom is 0.124 e. The van der Waals surface area contributed by atoms with Crippen molar-refractivity contribution in [1.82, 2.24) is 4.90 Å². The number of rotatable bonds is 3. The molecular formula is C13H15ClFNO. The number of piperidine rings is 1. The molecule has 0 radical (unpaired) electrons. The Hall–Kier alpha value is -0.930. The molecule has 2 rings (SSSR count). The summed E-state index contributed by atoms with van der Waals surface area (Å²) >= 11 is 5.98. The van der Waals surface area contributed by atoms with E-state index in [9.17, 15) is 9.18 Å². The van der Waals surface area contributed by atoms with Crippen molar-refractivity contribution >= 4 is 17.9 Å². The average Bonchev–Trinajstić information content (AvgIpc) is 2.34. The van der Waals surface area contributed by atoms with Crippen LogP contribution in [-0.2, 0) is 11.3 Å². The lowest BCUT2D eigenvalue weighted by Gasteiger charge is -2.29. The van der Waals surface area contributed by atoms with Crippen molar-refractivity contribution in [1.29, 1.82) is 0 Å². The molecule has 1 aliphatic heterocycles. The number of likely N-dealkylation sites (tertiary alicyclic amines) is 1. The average molecular weight is 256 g/mol. The Morgan fingerprint density at radius 1 is 1.41 bits per heavy atom. The fraction of sp³-hybridized carbons (Fsp3) is 0.462. The van der Waals surface area contributed by atoms with Crippen LogP contribution >= 0.6 is 11.6 Å². The first kappa shape index (κ1) is 12.5. The standard InChI is InChI=1S/C13H15ClFNO/c14-13-7-12(15)2-1-11(13)8-16-5-3-10(9-17)4-6-16/h1-2,7,9-10H,3-6,8H2. The SMILES string of the molecule is O=CC1CCN(Cc2ccc(F)cc2Cl)CC1. The summed E-state index contributed by atoms with van der Waals surface area (Å²) in [5, 5.41) is 0.475. The van der Waals surface area contributed by atoms with E-state index in [0.717, 1.165) is 44.3 Å². The minimum absolute atomic E-state index is 0.204. The van der Waals surface area contributed by atoms with Gasteiger partial charge in [-0.3, -0.25) is 4.90 Å². The third-order valence-corrected chi connectivity index (χ3v) is 3.59. The maximum absolute atomic E-state index is 12.9. The van der Waals surface area contributed by atoms with E-state index in [-0.39, 0.29) is 11.7 Å². The van der Waals surface area contributed by atoms with E-state index in [1.54, 1.807) is 6.07 Å². The summed E-state index contributed by atoms with van der Waals surface area (Å²) in [7, 11) is 0. The molecule has 17 heavy (non-hydrogen) atoms. The number of benzene rings is 1. The highest BCUT2D eigenvalue weighted by Crippen LogP contribution is 2.22. The molecule has 0 amide bonds. The van der Waals surface area contributed by atoms with Crippen LogP contribution in [0.25, 0.3) is 0 Å². The summed E-state index contributed by atoms with van der Waals surface area (Å²) in [4.78, 5) is 12.9. The molecule has 1 aromatic carbocycles. The lowest BCUT2D eigenvalue weighted by Crippen LogP contribution is -2.33. The van der Waals surface area contributed by atoms with Crippen molar-refractivity contribution in [3.05, 3.63) is 34.6 Å². The molecule has 0 N–H and O–H groups in total. The number of hydrogen-bond donors (Lipinski definition) is 0. The number of carbonyl (C=O) groups is 1. The van der Waals surface area contributed by atoms with Crippen LogP contribution < -0.4 is 0 Å². The van der Waals surface area contributed by atoms with Crippen LogP contribution in [0, 0.1) is 11.7 Å². The predicted molar refractivity (Wildman–Crippen MR) is 65.5 cm³/mol. The molecule has 0 aliphatic carbocycles. The van der Waals surface area contributed by atoms with Gasteiger partial charge in [-0.05, 0) is 43.6 Å². The van der Waals surface area contributed by atoms with Gasteiger partial charge in [0, 0.05) is 17.5 Å². The quantitative estimate of drug-likeness (QED) is 0.774. The number of carbonyl (C=O) groups excluding carboxylic acids is 1. The van der Waals surface area contributed by atoms with Gasteiger partial charge in [0.1, 0.15) is 12.1 Å². The second-order valence-electron chi connectivity index (χ2n) is 4.49. The Morgan fingerprint density at radius 3 is 2.71 bits per heavy atom. The molecule has 0 aromatic heterocycles. The highest BCUT2D eigenvalue weighted by Gasteiger charge is 2.19. The Kier molecular flexibility index (Phi) is 4.13. The Labute approximate surface area is 105 Å². The lowest BCUT2D eigenvalue weighted by molar-refractivity contribution is -0.112. The van der Waals surface area contributed by atoms with Crippen LogP contribution in [0.3, 0.4) is 0 Å². The largest absolute Gasteiger partial charge is 0.303 e. The molecule has 1 heterocycles. The normalized spacial score (nSPS) is 18.2. The summed E-state index contributed by atoms with van der Waals surface area (Å²) in [6.07, 6.45) is 2.85. The minimum atomic E-state index is -0.307. The topological polar surface area (TPSA) is 20.3 Å². The van der Waals surface area contributed by atoms with Crippen LogP contribution in [0.4, 0.5) is 4.39 Å². The van der Waals surface area contributed by atoms with E-state index in [1.807, 2.05) is 0 Å². The molecule has 0 spiro atoms. The van der Waals surface area contributed by atoms with Crippen molar-refractivity contribution in [2.24, 2.45) is 5.92 Å². The first-order valence-electron chi connectivity index (χ1n) is 5.80. The number of hydrogen-bond acceptors (Lipinski definition) is 2.